The van der Waals surface area contributed by atoms with Crippen LogP contribution in [-0.4, -0.2) is 47.3 Å². The fourth-order valence-corrected chi connectivity index (χ4v) is 3.28. The molecule has 0 spiro atoms. The molecular weight excluding hydrogens is 344 g/mol. The summed E-state index contributed by atoms with van der Waals surface area (Å²) in [6.07, 6.45) is -4.20. The standard InChI is InChI=1S/C16H16F4N2O3/c17-12-4-2-1-3-8(12)9-5-13(9)21-15(25)22-6-10(14(23)24)11(7-22)16(18,19)20/h1-4,9-11,13H,5-7H2,(H,21,25)(H,23,24)/t9-,10+,11+,13+/m0/s1. The van der Waals surface area contributed by atoms with Gasteiger partial charge in [-0.3, -0.25) is 4.79 Å². The lowest BCUT2D eigenvalue weighted by Gasteiger charge is -2.18. The third kappa shape index (κ3) is 3.54. The molecule has 5 nitrogen and oxygen atoms in total. The van der Waals surface area contributed by atoms with E-state index in [2.05, 4.69) is 5.32 Å². The van der Waals surface area contributed by atoms with Gasteiger partial charge in [0.05, 0.1) is 11.8 Å². The third-order valence-corrected chi connectivity index (χ3v) is 4.75. The number of carboxylic acids is 1. The number of carboxylic acid groups (broad SMARTS) is 1. The van der Waals surface area contributed by atoms with Crippen molar-refractivity contribution in [1.29, 1.82) is 0 Å². The Bertz CT molecular complexity index is 694. The summed E-state index contributed by atoms with van der Waals surface area (Å²) in [7, 11) is 0. The van der Waals surface area contributed by atoms with E-state index >= 15 is 0 Å². The van der Waals surface area contributed by atoms with E-state index in [1.807, 2.05) is 0 Å². The largest absolute Gasteiger partial charge is 0.481 e. The van der Waals surface area contributed by atoms with Gasteiger partial charge in [-0.2, -0.15) is 13.2 Å². The van der Waals surface area contributed by atoms with Crippen LogP contribution in [0.25, 0.3) is 0 Å². The van der Waals surface area contributed by atoms with Crippen LogP contribution < -0.4 is 5.32 Å². The summed E-state index contributed by atoms with van der Waals surface area (Å²) in [4.78, 5) is 24.1. The molecule has 1 heterocycles. The summed E-state index contributed by atoms with van der Waals surface area (Å²) in [5, 5.41) is 11.5. The van der Waals surface area contributed by atoms with Gasteiger partial charge < -0.3 is 15.3 Å². The number of nitrogens with one attached hydrogen (secondary N) is 1. The molecule has 1 aromatic carbocycles. The molecule has 3 rings (SSSR count). The van der Waals surface area contributed by atoms with Crippen molar-refractivity contribution in [2.24, 2.45) is 11.8 Å². The van der Waals surface area contributed by atoms with Gasteiger partial charge in [-0.1, -0.05) is 18.2 Å². The van der Waals surface area contributed by atoms with Gasteiger partial charge in [0.25, 0.3) is 0 Å². The van der Waals surface area contributed by atoms with Crippen molar-refractivity contribution in [2.45, 2.75) is 24.6 Å². The number of hydrogen-bond acceptors (Lipinski definition) is 2. The molecule has 2 amide bonds. The van der Waals surface area contributed by atoms with Crippen LogP contribution in [0, 0.1) is 17.7 Å². The molecule has 1 aliphatic carbocycles. The van der Waals surface area contributed by atoms with Gasteiger partial charge in [-0.05, 0) is 18.1 Å². The molecule has 0 bridgehead atoms. The van der Waals surface area contributed by atoms with E-state index < -0.39 is 48.9 Å². The third-order valence-electron chi connectivity index (χ3n) is 4.75. The van der Waals surface area contributed by atoms with Crippen LogP contribution >= 0.6 is 0 Å². The van der Waals surface area contributed by atoms with E-state index in [-0.39, 0.29) is 12.0 Å². The van der Waals surface area contributed by atoms with Crippen LogP contribution in [0.1, 0.15) is 17.9 Å². The Kier molecular flexibility index (Phi) is 4.34. The molecule has 4 atom stereocenters. The maximum Gasteiger partial charge on any atom is 0.394 e. The zero-order valence-corrected chi connectivity index (χ0v) is 13.0. The van der Waals surface area contributed by atoms with Crippen molar-refractivity contribution in [3.05, 3.63) is 35.6 Å². The fourth-order valence-electron chi connectivity index (χ4n) is 3.28. The average molecular weight is 360 g/mol. The molecule has 25 heavy (non-hydrogen) atoms. The fraction of sp³-hybridized carbons (Fsp3) is 0.500. The van der Waals surface area contributed by atoms with Crippen molar-refractivity contribution in [3.63, 3.8) is 0 Å². The van der Waals surface area contributed by atoms with Crippen molar-refractivity contribution in [1.82, 2.24) is 10.2 Å². The number of nitrogens with zero attached hydrogens (tertiary/aromatic N) is 1. The Hall–Kier alpha value is -2.32. The number of carbonyl (C=O) groups excluding carboxylic acids is 1. The Morgan fingerprint density at radius 2 is 1.88 bits per heavy atom. The van der Waals surface area contributed by atoms with Gasteiger partial charge in [0.1, 0.15) is 5.82 Å². The molecule has 1 saturated heterocycles. The predicted molar refractivity (Wildman–Crippen MR) is 78.3 cm³/mol. The summed E-state index contributed by atoms with van der Waals surface area (Å²) < 4.78 is 52.5. The van der Waals surface area contributed by atoms with Crippen LogP contribution in [0.5, 0.6) is 0 Å². The lowest BCUT2D eigenvalue weighted by atomic mass is 9.96. The maximum absolute atomic E-state index is 13.7. The first-order chi connectivity index (χ1) is 11.7. The molecule has 0 aromatic heterocycles. The highest BCUT2D eigenvalue weighted by atomic mass is 19.4. The lowest BCUT2D eigenvalue weighted by Crippen LogP contribution is -2.41. The molecular formula is C16H16F4N2O3. The Morgan fingerprint density at radius 3 is 2.44 bits per heavy atom. The lowest BCUT2D eigenvalue weighted by molar-refractivity contribution is -0.187. The summed E-state index contributed by atoms with van der Waals surface area (Å²) in [5.74, 6) is -5.95. The molecule has 0 unspecified atom stereocenters. The summed E-state index contributed by atoms with van der Waals surface area (Å²) in [5.41, 5.74) is 0.450. The minimum absolute atomic E-state index is 0.221. The second-order valence-corrected chi connectivity index (χ2v) is 6.42. The zero-order chi connectivity index (χ0) is 18.4. The number of benzene rings is 1. The normalized spacial score (nSPS) is 28.7. The summed E-state index contributed by atoms with van der Waals surface area (Å²) in [6, 6.07) is 5.00. The van der Waals surface area contributed by atoms with E-state index in [4.69, 9.17) is 5.11 Å². The monoisotopic (exact) mass is 360 g/mol. The molecule has 2 N–H and O–H groups in total. The van der Waals surface area contributed by atoms with E-state index in [1.54, 1.807) is 18.2 Å². The number of urea groups is 1. The first kappa shape index (κ1) is 17.5. The highest BCUT2D eigenvalue weighted by Crippen LogP contribution is 2.42. The molecule has 2 aliphatic rings. The van der Waals surface area contributed by atoms with Crippen LogP contribution in [0.3, 0.4) is 0 Å². The molecule has 1 aromatic rings. The van der Waals surface area contributed by atoms with Crippen LogP contribution in [0.15, 0.2) is 24.3 Å². The second kappa shape index (κ2) is 6.20. The SMILES string of the molecule is O=C(O)[C@@H]1CN(C(=O)N[C@@H]2C[C@H]2c2ccccc2F)C[C@H]1C(F)(F)F. The van der Waals surface area contributed by atoms with Gasteiger partial charge in [-0.15, -0.1) is 0 Å². The van der Waals surface area contributed by atoms with E-state index in [1.165, 1.54) is 6.07 Å². The van der Waals surface area contributed by atoms with Crippen LogP contribution in [0.2, 0.25) is 0 Å². The predicted octanol–water partition coefficient (Wildman–Crippen LogP) is 2.59. The Balaban J connectivity index is 1.62. The summed E-state index contributed by atoms with van der Waals surface area (Å²) >= 11 is 0. The Morgan fingerprint density at radius 1 is 1.20 bits per heavy atom. The average Bonchev–Trinajstić information content (AvgIpc) is 3.10. The molecule has 1 aliphatic heterocycles. The molecule has 136 valence electrons. The van der Waals surface area contributed by atoms with Gasteiger partial charge in [0.2, 0.25) is 0 Å². The van der Waals surface area contributed by atoms with Crippen LogP contribution in [0.4, 0.5) is 22.4 Å². The number of hydrogen-bond donors (Lipinski definition) is 2. The number of carbonyl (C=O) groups is 2. The number of halogens is 4. The van der Waals surface area contributed by atoms with Gasteiger partial charge >= 0.3 is 18.2 Å². The molecule has 9 heteroatoms. The number of amides is 2. The van der Waals surface area contributed by atoms with E-state index in [0.29, 0.717) is 12.0 Å². The highest BCUT2D eigenvalue weighted by Gasteiger charge is 2.54. The quantitative estimate of drug-likeness (QED) is 0.814. The zero-order valence-electron chi connectivity index (χ0n) is 13.0. The van der Waals surface area contributed by atoms with Crippen molar-refractivity contribution < 1.29 is 32.3 Å². The minimum atomic E-state index is -4.69. The molecule has 1 saturated carbocycles. The smallest absolute Gasteiger partial charge is 0.394 e. The molecule has 0 radical (unpaired) electrons. The van der Waals surface area contributed by atoms with Gasteiger partial charge in [0, 0.05) is 25.0 Å². The highest BCUT2D eigenvalue weighted by molar-refractivity contribution is 5.78. The van der Waals surface area contributed by atoms with Crippen molar-refractivity contribution >= 4 is 12.0 Å². The first-order valence-corrected chi connectivity index (χ1v) is 7.78. The molecule has 2 fully saturated rings. The minimum Gasteiger partial charge on any atom is -0.481 e. The first-order valence-electron chi connectivity index (χ1n) is 7.78. The van der Waals surface area contributed by atoms with E-state index in [0.717, 1.165) is 4.90 Å². The van der Waals surface area contributed by atoms with Crippen molar-refractivity contribution in [2.75, 3.05) is 13.1 Å². The number of rotatable bonds is 3. The Labute approximate surface area is 140 Å². The topological polar surface area (TPSA) is 69.6 Å². The van der Waals surface area contributed by atoms with Crippen molar-refractivity contribution in [3.8, 4) is 0 Å². The second-order valence-electron chi connectivity index (χ2n) is 6.42. The van der Waals surface area contributed by atoms with E-state index in [9.17, 15) is 27.2 Å². The van der Waals surface area contributed by atoms with Gasteiger partial charge in [0.15, 0.2) is 0 Å². The number of alkyl halides is 3. The maximum atomic E-state index is 13.7. The van der Waals surface area contributed by atoms with Gasteiger partial charge in [-0.25, -0.2) is 9.18 Å². The number of likely N-dealkylation sites (tertiary alicyclic amines) is 1. The number of aliphatic carboxylic acids is 1. The van der Waals surface area contributed by atoms with Crippen LogP contribution in [-0.2, 0) is 4.79 Å². The summed E-state index contributed by atoms with van der Waals surface area (Å²) in [6.45, 7) is -1.19.